The fourth-order valence-corrected chi connectivity index (χ4v) is 2.42. The van der Waals surface area contributed by atoms with E-state index in [0.29, 0.717) is 0 Å². The Labute approximate surface area is 79.9 Å². The van der Waals surface area contributed by atoms with Crippen LogP contribution in [0.2, 0.25) is 0 Å². The molecule has 76 valence electrons. The van der Waals surface area contributed by atoms with Gasteiger partial charge in [0, 0.05) is 0 Å². The fourth-order valence-electron chi connectivity index (χ4n) is 1.55. The van der Waals surface area contributed by atoms with Gasteiger partial charge in [0.25, 0.3) is 0 Å². The Morgan fingerprint density at radius 1 is 1.69 bits per heavy atom. The molecule has 5 heteroatoms. The largest absolute Gasteiger partial charge is 0.469 e. The second-order valence-corrected chi connectivity index (χ2v) is 4.58. The highest BCUT2D eigenvalue weighted by Crippen LogP contribution is 2.46. The first kappa shape index (κ1) is 10.7. The Morgan fingerprint density at radius 3 is 2.54 bits per heavy atom. The number of carbonyl (C=O) groups is 1. The maximum atomic E-state index is 11.4. The summed E-state index contributed by atoms with van der Waals surface area (Å²) >= 11 is -1.94. The smallest absolute Gasteiger partial charge is 0.312 e. The molecule has 1 aliphatic rings. The minimum absolute atomic E-state index is 0.0235. The Hall–Kier alpha value is -0.420. The molecule has 4 nitrogen and oxygen atoms in total. The molecule has 0 aromatic carbocycles. The molecule has 0 radical (unpaired) electrons. The molecule has 0 aromatic heterocycles. The summed E-state index contributed by atoms with van der Waals surface area (Å²) < 4.78 is 24.1. The normalized spacial score (nSPS) is 23.3. The van der Waals surface area contributed by atoms with E-state index < -0.39 is 16.5 Å². The second-order valence-electron chi connectivity index (χ2n) is 3.65. The lowest BCUT2D eigenvalue weighted by Gasteiger charge is -2.24. The van der Waals surface area contributed by atoms with Crippen LogP contribution in [0.25, 0.3) is 0 Å². The lowest BCUT2D eigenvalue weighted by molar-refractivity contribution is -0.151. The van der Waals surface area contributed by atoms with Gasteiger partial charge >= 0.3 is 5.97 Å². The standard InChI is InChI=1S/C8H14O4S/c1-8(5-13(10)11,6-3-4-6)7(9)12-2/h6H,3-5H2,1-2H3,(H,10,11). The van der Waals surface area contributed by atoms with Crippen molar-refractivity contribution >= 4 is 17.0 Å². The maximum absolute atomic E-state index is 11.4. The summed E-state index contributed by atoms with van der Waals surface area (Å²) in [5, 5.41) is 0. The fraction of sp³-hybridized carbons (Fsp3) is 0.875. The highest BCUT2D eigenvalue weighted by atomic mass is 32.2. The van der Waals surface area contributed by atoms with Gasteiger partial charge in [-0.25, -0.2) is 4.21 Å². The number of esters is 1. The van der Waals surface area contributed by atoms with Crippen LogP contribution in [0.4, 0.5) is 0 Å². The molecule has 2 unspecified atom stereocenters. The molecule has 1 fully saturated rings. The van der Waals surface area contributed by atoms with Crippen molar-refractivity contribution in [1.29, 1.82) is 0 Å². The van der Waals surface area contributed by atoms with E-state index in [2.05, 4.69) is 4.74 Å². The topological polar surface area (TPSA) is 63.6 Å². The van der Waals surface area contributed by atoms with Gasteiger partial charge in [-0.15, -0.1) is 0 Å². The quantitative estimate of drug-likeness (QED) is 0.546. The van der Waals surface area contributed by atoms with Crippen molar-refractivity contribution in [3.05, 3.63) is 0 Å². The summed E-state index contributed by atoms with van der Waals surface area (Å²) in [6.07, 6.45) is 1.89. The van der Waals surface area contributed by atoms with E-state index in [1.807, 2.05) is 0 Å². The first-order chi connectivity index (χ1) is 6.00. The number of ether oxygens (including phenoxy) is 1. The maximum Gasteiger partial charge on any atom is 0.312 e. The number of hydrogen-bond acceptors (Lipinski definition) is 3. The lowest BCUT2D eigenvalue weighted by atomic mass is 9.87. The Kier molecular flexibility index (Phi) is 3.08. The van der Waals surface area contributed by atoms with Crippen LogP contribution in [0, 0.1) is 11.3 Å². The van der Waals surface area contributed by atoms with Gasteiger partial charge in [0.1, 0.15) is 0 Å². The molecule has 2 atom stereocenters. The van der Waals surface area contributed by atoms with Crippen LogP contribution >= 0.6 is 0 Å². The minimum Gasteiger partial charge on any atom is -0.469 e. The molecule has 0 saturated heterocycles. The molecule has 0 bridgehead atoms. The average Bonchev–Trinajstić information content (AvgIpc) is 2.83. The summed E-state index contributed by atoms with van der Waals surface area (Å²) in [4.78, 5) is 11.4. The zero-order valence-corrected chi connectivity index (χ0v) is 8.60. The minimum atomic E-state index is -1.94. The number of hydrogen-bond donors (Lipinski definition) is 1. The second kappa shape index (κ2) is 3.75. The first-order valence-corrected chi connectivity index (χ1v) is 5.44. The third-order valence-corrected chi connectivity index (χ3v) is 3.40. The predicted octanol–water partition coefficient (Wildman–Crippen LogP) is 0.797. The molecule has 1 N–H and O–H groups in total. The monoisotopic (exact) mass is 206 g/mol. The van der Waals surface area contributed by atoms with E-state index in [1.165, 1.54) is 7.11 Å². The molecule has 0 heterocycles. The lowest BCUT2D eigenvalue weighted by Crippen LogP contribution is -2.36. The van der Waals surface area contributed by atoms with Gasteiger partial charge in [-0.2, -0.15) is 0 Å². The van der Waals surface area contributed by atoms with E-state index in [0.717, 1.165) is 12.8 Å². The number of carbonyl (C=O) groups excluding carboxylic acids is 1. The SMILES string of the molecule is COC(=O)C(C)(CS(=O)O)C1CC1. The van der Waals surface area contributed by atoms with Crippen LogP contribution in [-0.4, -0.2) is 27.6 Å². The number of rotatable bonds is 4. The highest BCUT2D eigenvalue weighted by Gasteiger charge is 2.49. The Balaban J connectivity index is 2.73. The highest BCUT2D eigenvalue weighted by molar-refractivity contribution is 7.79. The van der Waals surface area contributed by atoms with E-state index in [1.54, 1.807) is 6.92 Å². The Bertz CT molecular complexity index is 236. The average molecular weight is 206 g/mol. The third-order valence-electron chi connectivity index (χ3n) is 2.55. The van der Waals surface area contributed by atoms with Crippen LogP contribution in [0.5, 0.6) is 0 Å². The summed E-state index contributed by atoms with van der Waals surface area (Å²) in [6.45, 7) is 1.70. The van der Waals surface area contributed by atoms with Gasteiger partial charge in [-0.1, -0.05) is 0 Å². The summed E-state index contributed by atoms with van der Waals surface area (Å²) in [5.74, 6) is -0.182. The molecular formula is C8H14O4S. The van der Waals surface area contributed by atoms with Gasteiger partial charge in [0.15, 0.2) is 11.1 Å². The van der Waals surface area contributed by atoms with E-state index in [-0.39, 0.29) is 17.6 Å². The van der Waals surface area contributed by atoms with Gasteiger partial charge in [-0.3, -0.25) is 4.79 Å². The third kappa shape index (κ3) is 2.28. The number of methoxy groups -OCH3 is 1. The van der Waals surface area contributed by atoms with Crippen molar-refractivity contribution in [2.24, 2.45) is 11.3 Å². The van der Waals surface area contributed by atoms with Crippen molar-refractivity contribution in [3.8, 4) is 0 Å². The van der Waals surface area contributed by atoms with Crippen LogP contribution in [0.15, 0.2) is 0 Å². The van der Waals surface area contributed by atoms with Gasteiger partial charge in [0.05, 0.1) is 18.3 Å². The van der Waals surface area contributed by atoms with Gasteiger partial charge < -0.3 is 9.29 Å². The zero-order chi connectivity index (χ0) is 10.1. The van der Waals surface area contributed by atoms with Crippen molar-refractivity contribution < 1.29 is 18.3 Å². The summed E-state index contributed by atoms with van der Waals surface area (Å²) in [5.41, 5.74) is -0.769. The Morgan fingerprint density at radius 2 is 2.23 bits per heavy atom. The van der Waals surface area contributed by atoms with Crippen LogP contribution < -0.4 is 0 Å². The zero-order valence-electron chi connectivity index (χ0n) is 7.78. The molecule has 1 rings (SSSR count). The van der Waals surface area contributed by atoms with Gasteiger partial charge in [0.2, 0.25) is 0 Å². The molecule has 0 amide bonds. The van der Waals surface area contributed by atoms with Crippen molar-refractivity contribution in [2.75, 3.05) is 12.9 Å². The molecule has 0 aromatic rings. The molecular weight excluding hydrogens is 192 g/mol. The molecule has 1 saturated carbocycles. The van der Waals surface area contributed by atoms with Crippen LogP contribution in [0.3, 0.4) is 0 Å². The molecule has 13 heavy (non-hydrogen) atoms. The summed E-state index contributed by atoms with van der Waals surface area (Å²) in [6, 6.07) is 0. The van der Waals surface area contributed by atoms with Crippen LogP contribution in [0.1, 0.15) is 19.8 Å². The first-order valence-electron chi connectivity index (χ1n) is 4.16. The van der Waals surface area contributed by atoms with E-state index in [9.17, 15) is 9.00 Å². The summed E-state index contributed by atoms with van der Waals surface area (Å²) in [7, 11) is 1.31. The van der Waals surface area contributed by atoms with E-state index >= 15 is 0 Å². The van der Waals surface area contributed by atoms with Crippen molar-refractivity contribution in [3.63, 3.8) is 0 Å². The molecule has 1 aliphatic carbocycles. The van der Waals surface area contributed by atoms with Crippen molar-refractivity contribution in [2.45, 2.75) is 19.8 Å². The van der Waals surface area contributed by atoms with Crippen LogP contribution in [-0.2, 0) is 20.6 Å². The van der Waals surface area contributed by atoms with Gasteiger partial charge in [-0.05, 0) is 25.7 Å². The molecule has 0 aliphatic heterocycles. The predicted molar refractivity (Wildman–Crippen MR) is 48.5 cm³/mol. The van der Waals surface area contributed by atoms with Crippen molar-refractivity contribution in [1.82, 2.24) is 0 Å². The molecule has 0 spiro atoms. The van der Waals surface area contributed by atoms with E-state index in [4.69, 9.17) is 4.55 Å².